The van der Waals surface area contributed by atoms with Gasteiger partial charge in [-0.2, -0.15) is 15.8 Å². The topological polar surface area (TPSA) is 88.4 Å². The van der Waals surface area contributed by atoms with Crippen molar-refractivity contribution in [3.63, 3.8) is 0 Å². The van der Waals surface area contributed by atoms with Crippen LogP contribution in [0.4, 0.5) is 0 Å². The van der Waals surface area contributed by atoms with Crippen LogP contribution in [0, 0.1) is 39.9 Å². The summed E-state index contributed by atoms with van der Waals surface area (Å²) in [5.74, 6) is -2.42. The summed E-state index contributed by atoms with van der Waals surface area (Å²) in [6, 6.07) is 3.92. The molecule has 0 saturated carbocycles. The summed E-state index contributed by atoms with van der Waals surface area (Å²) in [6.45, 7) is 0. The van der Waals surface area contributed by atoms with Crippen LogP contribution in [0.3, 0.4) is 0 Å². The van der Waals surface area contributed by atoms with Crippen LogP contribution in [-0.2, 0) is 4.79 Å². The van der Waals surface area contributed by atoms with E-state index in [1.54, 1.807) is 0 Å². The second kappa shape index (κ2) is 3.18. The van der Waals surface area contributed by atoms with Crippen molar-refractivity contribution in [2.75, 3.05) is 0 Å². The van der Waals surface area contributed by atoms with Crippen molar-refractivity contribution in [1.82, 2.24) is 0 Å². The van der Waals surface area contributed by atoms with Crippen molar-refractivity contribution >= 4 is 5.78 Å². The highest BCUT2D eigenvalue weighted by Crippen LogP contribution is 1.90. The third-order valence-electron chi connectivity index (χ3n) is 0.631. The SMILES string of the molecule is N#CC(=O)C(C#N)C#N. The van der Waals surface area contributed by atoms with Crippen molar-refractivity contribution in [2.24, 2.45) is 5.92 Å². The van der Waals surface area contributed by atoms with Crippen LogP contribution in [0.15, 0.2) is 0 Å². The number of carbonyl (C=O) groups excluding carboxylic acids is 1. The first-order valence-corrected chi connectivity index (χ1v) is 1.99. The minimum absolute atomic E-state index is 1.000. The average Bonchev–Trinajstić information content (AvgIpc) is 1.90. The van der Waals surface area contributed by atoms with Gasteiger partial charge in [0.25, 0.3) is 5.78 Å². The molecule has 0 N–H and O–H groups in total. The van der Waals surface area contributed by atoms with Gasteiger partial charge in [-0.15, -0.1) is 0 Å². The Kier molecular flexibility index (Phi) is 2.52. The summed E-state index contributed by atoms with van der Waals surface area (Å²) < 4.78 is 0. The Hall–Kier alpha value is -1.86. The Morgan fingerprint density at radius 1 is 1.22 bits per heavy atom. The second-order valence-corrected chi connectivity index (χ2v) is 1.17. The Balaban J connectivity index is 4.27. The van der Waals surface area contributed by atoms with E-state index in [1.807, 2.05) is 0 Å². The number of Topliss-reactive ketones (excluding diaryl/α,β-unsaturated/α-hetero) is 1. The first-order valence-electron chi connectivity index (χ1n) is 1.99. The number of nitriles is 3. The summed E-state index contributed by atoms with van der Waals surface area (Å²) in [5.41, 5.74) is 0. The molecule has 0 fully saturated rings. The molecule has 0 atom stereocenters. The summed E-state index contributed by atoms with van der Waals surface area (Å²) in [5, 5.41) is 23.8. The van der Waals surface area contributed by atoms with Crippen LogP contribution in [0.1, 0.15) is 0 Å². The second-order valence-electron chi connectivity index (χ2n) is 1.17. The monoisotopic (exact) mass is 119 g/mol. The van der Waals surface area contributed by atoms with Crippen molar-refractivity contribution in [1.29, 1.82) is 15.8 Å². The number of carbonyl (C=O) groups is 1. The van der Waals surface area contributed by atoms with Crippen LogP contribution < -0.4 is 0 Å². The molecule has 0 bridgehead atoms. The van der Waals surface area contributed by atoms with E-state index in [-0.39, 0.29) is 0 Å². The Labute approximate surface area is 51.5 Å². The van der Waals surface area contributed by atoms with E-state index in [2.05, 4.69) is 0 Å². The number of rotatable bonds is 1. The van der Waals surface area contributed by atoms with Crippen molar-refractivity contribution in [3.05, 3.63) is 0 Å². The van der Waals surface area contributed by atoms with Gasteiger partial charge in [0.2, 0.25) is 5.92 Å². The van der Waals surface area contributed by atoms with Gasteiger partial charge in [0.1, 0.15) is 6.07 Å². The standard InChI is InChI=1S/C5HN3O/c6-1-4(2-7)5(9)3-8/h4H. The summed E-state index contributed by atoms with van der Waals surface area (Å²) in [6.07, 6.45) is 0. The molecular weight excluding hydrogens is 118 g/mol. The summed E-state index contributed by atoms with van der Waals surface area (Å²) in [4.78, 5) is 10.2. The highest BCUT2D eigenvalue weighted by atomic mass is 16.1. The van der Waals surface area contributed by atoms with Crippen LogP contribution >= 0.6 is 0 Å². The van der Waals surface area contributed by atoms with E-state index in [9.17, 15) is 4.79 Å². The first-order chi connectivity index (χ1) is 4.26. The molecule has 0 aromatic heterocycles. The maximum absolute atomic E-state index is 10.2. The van der Waals surface area contributed by atoms with Gasteiger partial charge in [-0.25, -0.2) is 0 Å². The van der Waals surface area contributed by atoms with E-state index < -0.39 is 11.7 Å². The lowest BCUT2D eigenvalue weighted by Gasteiger charge is -1.82. The van der Waals surface area contributed by atoms with Crippen molar-refractivity contribution in [2.45, 2.75) is 0 Å². The minimum Gasteiger partial charge on any atom is -0.280 e. The molecule has 9 heavy (non-hydrogen) atoms. The number of ketones is 1. The molecule has 4 heteroatoms. The van der Waals surface area contributed by atoms with E-state index in [1.165, 1.54) is 18.2 Å². The molecule has 0 aliphatic rings. The predicted octanol–water partition coefficient (Wildman–Crippen LogP) is -0.258. The molecule has 0 unspecified atom stereocenters. The largest absolute Gasteiger partial charge is 0.280 e. The molecule has 0 aromatic rings. The molecule has 4 nitrogen and oxygen atoms in total. The number of hydrogen-bond donors (Lipinski definition) is 0. The van der Waals surface area contributed by atoms with Crippen LogP contribution in [0.5, 0.6) is 0 Å². The molecule has 0 saturated heterocycles. The maximum atomic E-state index is 10.2. The van der Waals surface area contributed by atoms with Gasteiger partial charge >= 0.3 is 0 Å². The van der Waals surface area contributed by atoms with Gasteiger partial charge in [0.15, 0.2) is 0 Å². The van der Waals surface area contributed by atoms with E-state index >= 15 is 0 Å². The molecule has 0 aromatic carbocycles. The quantitative estimate of drug-likeness (QED) is 0.445. The Bertz CT molecular complexity index is 222. The zero-order chi connectivity index (χ0) is 7.28. The lowest BCUT2D eigenvalue weighted by Crippen LogP contribution is -2.06. The Morgan fingerprint density at radius 3 is 1.78 bits per heavy atom. The summed E-state index contributed by atoms with van der Waals surface area (Å²) in [7, 11) is 0. The Morgan fingerprint density at radius 2 is 1.67 bits per heavy atom. The lowest BCUT2D eigenvalue weighted by atomic mass is 10.1. The van der Waals surface area contributed by atoms with Gasteiger partial charge in [-0.05, 0) is 0 Å². The summed E-state index contributed by atoms with van der Waals surface area (Å²) >= 11 is 0. The highest BCUT2D eigenvalue weighted by molar-refractivity contribution is 5.98. The molecule has 0 radical (unpaired) electrons. The van der Waals surface area contributed by atoms with Gasteiger partial charge in [0, 0.05) is 0 Å². The third-order valence-corrected chi connectivity index (χ3v) is 0.631. The zero-order valence-corrected chi connectivity index (χ0v) is 4.33. The zero-order valence-electron chi connectivity index (χ0n) is 4.33. The molecule has 42 valence electrons. The lowest BCUT2D eigenvalue weighted by molar-refractivity contribution is -0.114. The number of hydrogen-bond acceptors (Lipinski definition) is 4. The fraction of sp³-hybridized carbons (Fsp3) is 0.200. The molecule has 0 spiro atoms. The number of nitrogens with zero attached hydrogens (tertiary/aromatic N) is 3. The normalized spacial score (nSPS) is 6.89. The molecule has 0 rings (SSSR count). The van der Waals surface area contributed by atoms with Crippen LogP contribution in [0.2, 0.25) is 0 Å². The molecule has 0 amide bonds. The predicted molar refractivity (Wildman–Crippen MR) is 25.3 cm³/mol. The maximum Gasteiger partial charge on any atom is 0.263 e. The van der Waals surface area contributed by atoms with Crippen molar-refractivity contribution in [3.8, 4) is 18.2 Å². The van der Waals surface area contributed by atoms with E-state index in [0.29, 0.717) is 0 Å². The molecule has 0 aliphatic carbocycles. The van der Waals surface area contributed by atoms with E-state index in [4.69, 9.17) is 15.8 Å². The smallest absolute Gasteiger partial charge is 0.263 e. The fourth-order valence-corrected chi connectivity index (χ4v) is 0.211. The average molecular weight is 119 g/mol. The third kappa shape index (κ3) is 1.59. The first kappa shape index (κ1) is 7.14. The van der Waals surface area contributed by atoms with Crippen LogP contribution in [-0.4, -0.2) is 5.78 Å². The molecule has 0 heterocycles. The van der Waals surface area contributed by atoms with E-state index in [0.717, 1.165) is 0 Å². The van der Waals surface area contributed by atoms with Gasteiger partial charge < -0.3 is 0 Å². The van der Waals surface area contributed by atoms with Crippen LogP contribution in [0.25, 0.3) is 0 Å². The van der Waals surface area contributed by atoms with Crippen molar-refractivity contribution < 1.29 is 4.79 Å². The highest BCUT2D eigenvalue weighted by Gasteiger charge is 2.14. The minimum atomic E-state index is -1.42. The molecular formula is C5HN3O. The molecule has 0 aliphatic heterocycles. The van der Waals surface area contributed by atoms with Gasteiger partial charge in [-0.3, -0.25) is 4.79 Å². The fourth-order valence-electron chi connectivity index (χ4n) is 0.211. The van der Waals surface area contributed by atoms with Gasteiger partial charge in [-0.1, -0.05) is 0 Å². The van der Waals surface area contributed by atoms with Gasteiger partial charge in [0.05, 0.1) is 12.1 Å².